The summed E-state index contributed by atoms with van der Waals surface area (Å²) in [7, 11) is 0. The zero-order valence-electron chi connectivity index (χ0n) is 13.6. The lowest BCUT2D eigenvalue weighted by Crippen LogP contribution is -2.57. The van der Waals surface area contributed by atoms with Gasteiger partial charge in [0.25, 0.3) is 5.91 Å². The van der Waals surface area contributed by atoms with Gasteiger partial charge in [-0.15, -0.1) is 0 Å². The number of aromatic amines is 1. The molecular formula is C18H24N4O. The number of piperidine rings is 3. The first-order valence-electron chi connectivity index (χ1n) is 8.75. The molecule has 0 aliphatic carbocycles. The lowest BCUT2D eigenvalue weighted by molar-refractivity contribution is 0.0618. The van der Waals surface area contributed by atoms with E-state index in [1.807, 2.05) is 6.07 Å². The van der Waals surface area contributed by atoms with Gasteiger partial charge >= 0.3 is 0 Å². The van der Waals surface area contributed by atoms with Crippen LogP contribution in [0.5, 0.6) is 0 Å². The molecule has 1 atom stereocenters. The van der Waals surface area contributed by atoms with Gasteiger partial charge in [-0.05, 0) is 49.9 Å². The van der Waals surface area contributed by atoms with E-state index in [0.29, 0.717) is 11.6 Å². The molecule has 2 N–H and O–H groups in total. The fourth-order valence-corrected chi connectivity index (χ4v) is 4.05. The van der Waals surface area contributed by atoms with E-state index in [2.05, 4.69) is 39.5 Å². The van der Waals surface area contributed by atoms with Crippen LogP contribution in [0.2, 0.25) is 0 Å². The van der Waals surface area contributed by atoms with Crippen molar-refractivity contribution >= 4 is 16.8 Å². The molecule has 2 bridgehead atoms. The topological polar surface area (TPSA) is 61.0 Å². The van der Waals surface area contributed by atoms with E-state index in [0.717, 1.165) is 30.3 Å². The van der Waals surface area contributed by atoms with Crippen molar-refractivity contribution in [3.8, 4) is 0 Å². The van der Waals surface area contributed by atoms with E-state index >= 15 is 0 Å². The minimum Gasteiger partial charge on any atom is -0.346 e. The maximum atomic E-state index is 12.7. The molecular weight excluding hydrogens is 288 g/mol. The number of carbonyl (C=O) groups excluding carboxylic acids is 1. The van der Waals surface area contributed by atoms with E-state index in [9.17, 15) is 4.79 Å². The van der Waals surface area contributed by atoms with Crippen molar-refractivity contribution in [2.24, 2.45) is 5.92 Å². The molecule has 4 heterocycles. The second kappa shape index (κ2) is 5.96. The average molecular weight is 312 g/mol. The van der Waals surface area contributed by atoms with Gasteiger partial charge in [0.15, 0.2) is 5.69 Å². The highest BCUT2D eigenvalue weighted by molar-refractivity contribution is 6.04. The number of H-pyrrole nitrogens is 1. The molecule has 3 saturated heterocycles. The Morgan fingerprint density at radius 3 is 2.91 bits per heavy atom. The smallest absolute Gasteiger partial charge is 0.272 e. The Morgan fingerprint density at radius 2 is 2.22 bits per heavy atom. The van der Waals surface area contributed by atoms with Crippen molar-refractivity contribution in [3.63, 3.8) is 0 Å². The van der Waals surface area contributed by atoms with Crippen LogP contribution < -0.4 is 5.32 Å². The largest absolute Gasteiger partial charge is 0.346 e. The molecule has 0 spiro atoms. The van der Waals surface area contributed by atoms with Crippen LogP contribution in [0.1, 0.15) is 42.2 Å². The van der Waals surface area contributed by atoms with Crippen molar-refractivity contribution < 1.29 is 4.79 Å². The first-order valence-corrected chi connectivity index (χ1v) is 8.75. The first kappa shape index (κ1) is 14.7. The SMILES string of the molecule is CCCc1ccc2c(C(=O)N[C@H]3CN4CCC3CC4)n[nH]c2c1. The minimum absolute atomic E-state index is 0.0433. The Balaban J connectivity index is 1.53. The number of aryl methyl sites for hydroxylation is 1. The fraction of sp³-hybridized carbons (Fsp3) is 0.556. The number of hydrogen-bond acceptors (Lipinski definition) is 3. The van der Waals surface area contributed by atoms with Crippen LogP contribution in [-0.4, -0.2) is 46.7 Å². The molecule has 1 amide bonds. The van der Waals surface area contributed by atoms with Crippen molar-refractivity contribution in [3.05, 3.63) is 29.5 Å². The highest BCUT2D eigenvalue weighted by Crippen LogP contribution is 2.28. The van der Waals surface area contributed by atoms with E-state index < -0.39 is 0 Å². The second-order valence-corrected chi connectivity index (χ2v) is 6.92. The summed E-state index contributed by atoms with van der Waals surface area (Å²) < 4.78 is 0. The van der Waals surface area contributed by atoms with Crippen LogP contribution in [0.25, 0.3) is 10.9 Å². The number of carbonyl (C=O) groups is 1. The van der Waals surface area contributed by atoms with Crippen LogP contribution >= 0.6 is 0 Å². The zero-order valence-corrected chi connectivity index (χ0v) is 13.6. The number of nitrogens with zero attached hydrogens (tertiary/aromatic N) is 2. The minimum atomic E-state index is -0.0433. The Kier molecular flexibility index (Phi) is 3.81. The second-order valence-electron chi connectivity index (χ2n) is 6.92. The van der Waals surface area contributed by atoms with Crippen LogP contribution in [0.15, 0.2) is 18.2 Å². The van der Waals surface area contributed by atoms with Crippen molar-refractivity contribution in [1.82, 2.24) is 20.4 Å². The van der Waals surface area contributed by atoms with Gasteiger partial charge in [-0.3, -0.25) is 9.89 Å². The lowest BCUT2D eigenvalue weighted by atomic mass is 9.84. The highest BCUT2D eigenvalue weighted by Gasteiger charge is 2.35. The predicted octanol–water partition coefficient (Wildman–Crippen LogP) is 2.34. The number of aromatic nitrogens is 2. The van der Waals surface area contributed by atoms with Gasteiger partial charge in [-0.1, -0.05) is 25.5 Å². The normalized spacial score (nSPS) is 26.6. The molecule has 3 aliphatic heterocycles. The van der Waals surface area contributed by atoms with E-state index in [4.69, 9.17) is 0 Å². The van der Waals surface area contributed by atoms with Crippen LogP contribution in [0.3, 0.4) is 0 Å². The monoisotopic (exact) mass is 312 g/mol. The van der Waals surface area contributed by atoms with Gasteiger partial charge in [0.2, 0.25) is 0 Å². The molecule has 3 aliphatic rings. The first-order chi connectivity index (χ1) is 11.2. The molecule has 23 heavy (non-hydrogen) atoms. The average Bonchev–Trinajstić information content (AvgIpc) is 2.99. The summed E-state index contributed by atoms with van der Waals surface area (Å²) in [5.74, 6) is 0.587. The fourth-order valence-electron chi connectivity index (χ4n) is 4.05. The number of amides is 1. The Hall–Kier alpha value is -1.88. The third-order valence-electron chi connectivity index (χ3n) is 5.35. The Bertz CT molecular complexity index is 715. The number of fused-ring (bicyclic) bond motifs is 4. The van der Waals surface area contributed by atoms with Gasteiger partial charge < -0.3 is 10.2 Å². The molecule has 0 saturated carbocycles. The third-order valence-corrected chi connectivity index (χ3v) is 5.35. The van der Waals surface area contributed by atoms with Crippen LogP contribution in [-0.2, 0) is 6.42 Å². The molecule has 5 rings (SSSR count). The van der Waals surface area contributed by atoms with Crippen LogP contribution in [0, 0.1) is 5.92 Å². The summed E-state index contributed by atoms with van der Waals surface area (Å²) in [5.41, 5.74) is 2.77. The number of rotatable bonds is 4. The maximum absolute atomic E-state index is 12.7. The summed E-state index contributed by atoms with van der Waals surface area (Å²) in [6.07, 6.45) is 4.57. The van der Waals surface area contributed by atoms with Gasteiger partial charge in [0.1, 0.15) is 0 Å². The van der Waals surface area contributed by atoms with Gasteiger partial charge in [0, 0.05) is 18.0 Å². The third kappa shape index (κ3) is 2.74. The predicted molar refractivity (Wildman–Crippen MR) is 90.5 cm³/mol. The van der Waals surface area contributed by atoms with Gasteiger partial charge in [-0.25, -0.2) is 0 Å². The number of hydrogen-bond donors (Lipinski definition) is 2. The highest BCUT2D eigenvalue weighted by atomic mass is 16.2. The van der Waals surface area contributed by atoms with E-state index in [-0.39, 0.29) is 11.9 Å². The number of nitrogens with one attached hydrogen (secondary N) is 2. The molecule has 0 radical (unpaired) electrons. The van der Waals surface area contributed by atoms with Crippen molar-refractivity contribution in [2.75, 3.05) is 19.6 Å². The molecule has 0 unspecified atom stereocenters. The van der Waals surface area contributed by atoms with Crippen molar-refractivity contribution in [1.29, 1.82) is 0 Å². The van der Waals surface area contributed by atoms with Gasteiger partial charge in [-0.2, -0.15) is 5.10 Å². The van der Waals surface area contributed by atoms with Gasteiger partial charge in [0.05, 0.1) is 5.52 Å². The van der Waals surface area contributed by atoms with E-state index in [1.165, 1.54) is 31.5 Å². The molecule has 3 fully saturated rings. The molecule has 1 aromatic heterocycles. The quantitative estimate of drug-likeness (QED) is 0.911. The molecule has 5 nitrogen and oxygen atoms in total. The maximum Gasteiger partial charge on any atom is 0.272 e. The Labute approximate surface area is 136 Å². The Morgan fingerprint density at radius 1 is 1.39 bits per heavy atom. The number of benzene rings is 1. The standard InChI is InChI=1S/C18H24N4O/c1-2-3-12-4-5-14-15(10-12)20-21-17(14)18(23)19-16-11-22-8-6-13(16)7-9-22/h4-5,10,13,16H,2-3,6-9,11H2,1H3,(H,19,23)(H,20,21)/t16-/m0/s1. The molecule has 122 valence electrons. The molecule has 1 aromatic carbocycles. The summed E-state index contributed by atoms with van der Waals surface area (Å²) in [4.78, 5) is 15.1. The molecule has 5 heteroatoms. The summed E-state index contributed by atoms with van der Waals surface area (Å²) in [6, 6.07) is 6.51. The molecule has 2 aromatic rings. The summed E-state index contributed by atoms with van der Waals surface area (Å²) >= 11 is 0. The lowest BCUT2D eigenvalue weighted by Gasteiger charge is -2.44. The summed E-state index contributed by atoms with van der Waals surface area (Å²) in [6.45, 7) is 5.52. The van der Waals surface area contributed by atoms with Crippen LogP contribution in [0.4, 0.5) is 0 Å². The van der Waals surface area contributed by atoms with E-state index in [1.54, 1.807) is 0 Å². The zero-order chi connectivity index (χ0) is 15.8. The summed E-state index contributed by atoms with van der Waals surface area (Å²) in [5, 5.41) is 11.4. The van der Waals surface area contributed by atoms with Crippen molar-refractivity contribution in [2.45, 2.75) is 38.6 Å².